The van der Waals surface area contributed by atoms with E-state index in [-0.39, 0.29) is 39.4 Å². The van der Waals surface area contributed by atoms with Crippen molar-refractivity contribution in [2.24, 2.45) is 0 Å². The molecule has 1 aliphatic heterocycles. The molecule has 13 heteroatoms. The van der Waals surface area contributed by atoms with Crippen LogP contribution in [0.1, 0.15) is 38.7 Å². The predicted molar refractivity (Wildman–Crippen MR) is 141 cm³/mol. The first kappa shape index (κ1) is 28.3. The van der Waals surface area contributed by atoms with Crippen LogP contribution in [0, 0.1) is 5.82 Å². The summed E-state index contributed by atoms with van der Waals surface area (Å²) in [6.07, 6.45) is -0.735. The van der Waals surface area contributed by atoms with Crippen LogP contribution in [-0.4, -0.2) is 62.8 Å². The smallest absolute Gasteiger partial charge is 0.305 e. The Kier molecular flexibility index (Phi) is 8.69. The number of amides is 3. The van der Waals surface area contributed by atoms with E-state index in [0.29, 0.717) is 5.56 Å². The van der Waals surface area contributed by atoms with Crippen molar-refractivity contribution in [2.75, 3.05) is 13.1 Å². The van der Waals surface area contributed by atoms with E-state index >= 15 is 0 Å². The predicted octanol–water partition coefficient (Wildman–Crippen LogP) is 4.44. The van der Waals surface area contributed by atoms with Gasteiger partial charge in [0.1, 0.15) is 11.0 Å². The van der Waals surface area contributed by atoms with Crippen molar-refractivity contribution in [1.29, 1.82) is 0 Å². The van der Waals surface area contributed by atoms with E-state index in [1.165, 1.54) is 58.5 Å². The molecule has 2 unspecified atom stereocenters. The van der Waals surface area contributed by atoms with Gasteiger partial charge in [-0.25, -0.2) is 9.37 Å². The molecule has 1 fully saturated rings. The molecule has 4 rings (SSSR count). The molecule has 2 aromatic carbocycles. The molecule has 0 aliphatic carbocycles. The number of benzene rings is 2. The summed E-state index contributed by atoms with van der Waals surface area (Å²) in [6.45, 7) is -0.0170. The summed E-state index contributed by atoms with van der Waals surface area (Å²) in [7, 11) is 0. The number of carbonyl (C=O) groups is 4. The summed E-state index contributed by atoms with van der Waals surface area (Å²) in [5.41, 5.74) is 0.583. The lowest BCUT2D eigenvalue weighted by molar-refractivity contribution is -0.138. The van der Waals surface area contributed by atoms with Crippen molar-refractivity contribution < 1.29 is 28.7 Å². The fourth-order valence-corrected chi connectivity index (χ4v) is 4.58. The average Bonchev–Trinajstić information content (AvgIpc) is 3.35. The molecule has 3 aromatic rings. The Hall–Kier alpha value is -3.73. The van der Waals surface area contributed by atoms with Crippen molar-refractivity contribution in [2.45, 2.75) is 18.6 Å². The van der Waals surface area contributed by atoms with Crippen LogP contribution in [0.4, 0.5) is 4.39 Å². The number of aliphatic carboxylic acids is 1. The molecular weight excluding hydrogens is 574 g/mol. The quantitative estimate of drug-likeness (QED) is 0.391. The molecule has 2 atom stereocenters. The minimum absolute atomic E-state index is 0.00719. The van der Waals surface area contributed by atoms with Crippen molar-refractivity contribution in [3.8, 4) is 0 Å². The highest BCUT2D eigenvalue weighted by Gasteiger charge is 2.44. The van der Waals surface area contributed by atoms with Crippen LogP contribution >= 0.6 is 34.8 Å². The average molecular weight is 594 g/mol. The summed E-state index contributed by atoms with van der Waals surface area (Å²) in [4.78, 5) is 58.4. The van der Waals surface area contributed by atoms with Crippen LogP contribution in [0.25, 0.3) is 0 Å². The van der Waals surface area contributed by atoms with Crippen LogP contribution < -0.4 is 5.32 Å². The number of pyridine rings is 1. The second kappa shape index (κ2) is 12.0. The van der Waals surface area contributed by atoms with E-state index in [4.69, 9.17) is 34.8 Å². The van der Waals surface area contributed by atoms with Gasteiger partial charge in [0, 0.05) is 24.8 Å². The summed E-state index contributed by atoms with van der Waals surface area (Å²) in [5.74, 6) is -3.77. The zero-order valence-electron chi connectivity index (χ0n) is 20.0. The second-order valence-corrected chi connectivity index (χ2v) is 9.78. The minimum atomic E-state index is -1.45. The number of nitrogens with zero attached hydrogens (tertiary/aromatic N) is 3. The van der Waals surface area contributed by atoms with Crippen LogP contribution in [0.3, 0.4) is 0 Å². The highest BCUT2D eigenvalue weighted by Crippen LogP contribution is 2.27. The molecule has 2 heterocycles. The third-order valence-electron chi connectivity index (χ3n) is 6.04. The van der Waals surface area contributed by atoms with Crippen molar-refractivity contribution in [1.82, 2.24) is 20.1 Å². The second-order valence-electron chi connectivity index (χ2n) is 8.58. The molecule has 1 saturated heterocycles. The van der Waals surface area contributed by atoms with Crippen LogP contribution in [0.2, 0.25) is 15.2 Å². The maximum absolute atomic E-state index is 13.7. The van der Waals surface area contributed by atoms with Gasteiger partial charge in [0.15, 0.2) is 6.17 Å². The van der Waals surface area contributed by atoms with E-state index in [2.05, 4.69) is 10.3 Å². The Morgan fingerprint density at radius 2 is 1.54 bits per heavy atom. The maximum Gasteiger partial charge on any atom is 0.305 e. The Morgan fingerprint density at radius 3 is 2.10 bits per heavy atom. The van der Waals surface area contributed by atoms with Gasteiger partial charge >= 0.3 is 5.97 Å². The number of aromatic nitrogens is 1. The standard InChI is InChI=1S/C26H20Cl3FN4O5/c27-18-7-3-15(11-19(18)28)25(38)33-9-10-34(26(39)16-4-8-21(29)31-13-16)24(33)23(37)32-20(12-22(35)36)14-1-5-17(30)6-2-14/h1-8,11,13,20,24H,9-10,12H2,(H,32,37)(H,35,36). The topological polar surface area (TPSA) is 120 Å². The number of carboxylic acids is 1. The molecule has 0 radical (unpaired) electrons. The van der Waals surface area contributed by atoms with Crippen molar-refractivity contribution in [3.63, 3.8) is 0 Å². The minimum Gasteiger partial charge on any atom is -0.481 e. The molecule has 3 amide bonds. The highest BCUT2D eigenvalue weighted by molar-refractivity contribution is 6.42. The van der Waals surface area contributed by atoms with E-state index in [1.54, 1.807) is 0 Å². The molecular formula is C26H20Cl3FN4O5. The Labute approximate surface area is 237 Å². The van der Waals surface area contributed by atoms with Gasteiger partial charge in [-0.2, -0.15) is 0 Å². The molecule has 9 nitrogen and oxygen atoms in total. The van der Waals surface area contributed by atoms with Crippen LogP contribution in [0.15, 0.2) is 60.8 Å². The number of carboxylic acid groups (broad SMARTS) is 1. The number of halogens is 4. The van der Waals surface area contributed by atoms with Crippen molar-refractivity contribution in [3.05, 3.63) is 98.5 Å². The third kappa shape index (κ3) is 6.47. The van der Waals surface area contributed by atoms with E-state index in [0.717, 1.165) is 12.1 Å². The lowest BCUT2D eigenvalue weighted by Crippen LogP contribution is -2.54. The zero-order valence-corrected chi connectivity index (χ0v) is 22.3. The summed E-state index contributed by atoms with van der Waals surface area (Å²) < 4.78 is 13.5. The van der Waals surface area contributed by atoms with Crippen LogP contribution in [0.5, 0.6) is 0 Å². The lowest BCUT2D eigenvalue weighted by Gasteiger charge is -2.31. The number of hydrogen-bond donors (Lipinski definition) is 2. The van der Waals surface area contributed by atoms with Gasteiger partial charge in [-0.05, 0) is 48.0 Å². The monoisotopic (exact) mass is 592 g/mol. The van der Waals surface area contributed by atoms with Gasteiger partial charge in [0.25, 0.3) is 17.7 Å². The van der Waals surface area contributed by atoms with Crippen molar-refractivity contribution >= 4 is 58.5 Å². The largest absolute Gasteiger partial charge is 0.481 e. The molecule has 0 bridgehead atoms. The first-order chi connectivity index (χ1) is 18.5. The van der Waals surface area contributed by atoms with E-state index in [1.807, 2.05) is 0 Å². The lowest BCUT2D eigenvalue weighted by atomic mass is 10.0. The Bertz CT molecular complexity index is 1420. The number of hydrogen-bond acceptors (Lipinski definition) is 5. The Balaban J connectivity index is 1.69. The van der Waals surface area contributed by atoms with Gasteiger partial charge in [-0.3, -0.25) is 19.2 Å². The molecule has 0 saturated carbocycles. The molecule has 0 spiro atoms. The van der Waals surface area contributed by atoms with E-state index < -0.39 is 48.1 Å². The zero-order chi connectivity index (χ0) is 28.3. The SMILES string of the molecule is O=C(O)CC(NC(=O)C1N(C(=O)c2ccc(Cl)nc2)CCN1C(=O)c1ccc(Cl)c(Cl)c1)c1ccc(F)cc1. The van der Waals surface area contributed by atoms with Gasteiger partial charge in [0.2, 0.25) is 0 Å². The molecule has 1 aliphatic rings. The van der Waals surface area contributed by atoms with Gasteiger partial charge in [-0.15, -0.1) is 0 Å². The molecule has 202 valence electrons. The first-order valence-corrected chi connectivity index (χ1v) is 12.6. The van der Waals surface area contributed by atoms with E-state index in [9.17, 15) is 28.7 Å². The normalized spacial score (nSPS) is 15.6. The molecule has 2 N–H and O–H groups in total. The third-order valence-corrected chi connectivity index (χ3v) is 7.00. The number of rotatable bonds is 7. The van der Waals surface area contributed by atoms with Crippen LogP contribution in [-0.2, 0) is 9.59 Å². The maximum atomic E-state index is 13.7. The van der Waals surface area contributed by atoms with Gasteiger partial charge in [-0.1, -0.05) is 46.9 Å². The fourth-order valence-electron chi connectivity index (χ4n) is 4.17. The first-order valence-electron chi connectivity index (χ1n) is 11.5. The summed E-state index contributed by atoms with van der Waals surface area (Å²) >= 11 is 17.9. The van der Waals surface area contributed by atoms with Gasteiger partial charge in [0.05, 0.1) is 28.1 Å². The highest BCUT2D eigenvalue weighted by atomic mass is 35.5. The summed E-state index contributed by atoms with van der Waals surface area (Å²) in [5, 5.41) is 12.6. The van der Waals surface area contributed by atoms with Gasteiger partial charge < -0.3 is 20.2 Å². The molecule has 1 aromatic heterocycles. The number of nitrogens with one attached hydrogen (secondary N) is 1. The number of carbonyl (C=O) groups excluding carboxylic acids is 3. The Morgan fingerprint density at radius 1 is 0.923 bits per heavy atom. The molecule has 39 heavy (non-hydrogen) atoms. The summed E-state index contributed by atoms with van der Waals surface area (Å²) in [6, 6.07) is 10.9. The fraction of sp³-hybridized carbons (Fsp3) is 0.192.